The number of carbonyl (C=O) groups is 4. The number of hydrogen-bond acceptors (Lipinski definition) is 8. The maximum absolute atomic E-state index is 14.6. The summed E-state index contributed by atoms with van der Waals surface area (Å²) in [5, 5.41) is 15.9. The summed E-state index contributed by atoms with van der Waals surface area (Å²) in [7, 11) is 0. The van der Waals surface area contributed by atoms with Crippen molar-refractivity contribution in [3.63, 3.8) is 0 Å². The predicted molar refractivity (Wildman–Crippen MR) is 149 cm³/mol. The molecule has 0 aliphatic carbocycles. The third-order valence-corrected chi connectivity index (χ3v) is 6.52. The van der Waals surface area contributed by atoms with E-state index in [1.807, 2.05) is 0 Å². The summed E-state index contributed by atoms with van der Waals surface area (Å²) in [5.74, 6) is -2.81. The van der Waals surface area contributed by atoms with Crippen LogP contribution in [0.3, 0.4) is 0 Å². The first kappa shape index (κ1) is 30.9. The first-order valence-electron chi connectivity index (χ1n) is 13.6. The molecule has 2 heterocycles. The quantitative estimate of drug-likeness (QED) is 0.447. The summed E-state index contributed by atoms with van der Waals surface area (Å²) < 4.78 is 30.5. The number of aliphatic hydroxyl groups excluding tert-OH is 1. The minimum atomic E-state index is -1.84. The second-order valence-electron chi connectivity index (χ2n) is 10.8. The molecule has 2 saturated heterocycles. The van der Waals surface area contributed by atoms with Gasteiger partial charge in [-0.25, -0.2) is 9.18 Å². The highest BCUT2D eigenvalue weighted by Gasteiger charge is 2.39. The lowest BCUT2D eigenvalue weighted by molar-refractivity contribution is -0.150. The molecule has 0 saturated carbocycles. The Bertz CT molecular complexity index is 1310. The van der Waals surface area contributed by atoms with Crippen LogP contribution in [-0.4, -0.2) is 91.1 Å². The van der Waals surface area contributed by atoms with Crippen LogP contribution in [0, 0.1) is 5.82 Å². The van der Waals surface area contributed by atoms with Crippen molar-refractivity contribution < 1.29 is 42.9 Å². The van der Waals surface area contributed by atoms with Gasteiger partial charge in [0.15, 0.2) is 12.2 Å². The average molecular weight is 587 g/mol. The van der Waals surface area contributed by atoms with Crippen LogP contribution in [0.5, 0.6) is 0 Å². The minimum Gasteiger partial charge on any atom is -0.444 e. The van der Waals surface area contributed by atoms with Gasteiger partial charge in [-0.1, -0.05) is 12.1 Å². The Morgan fingerprint density at radius 1 is 1.07 bits per heavy atom. The van der Waals surface area contributed by atoms with Gasteiger partial charge in [0.2, 0.25) is 0 Å². The van der Waals surface area contributed by atoms with Crippen LogP contribution >= 0.6 is 0 Å². The number of halogens is 1. The molecule has 2 fully saturated rings. The molecule has 0 aromatic heterocycles. The second kappa shape index (κ2) is 13.3. The number of aliphatic hydroxyl groups is 1. The number of carbonyl (C=O) groups excluding carboxylic acids is 4. The van der Waals surface area contributed by atoms with Crippen LogP contribution in [0.4, 0.5) is 20.6 Å². The molecule has 2 atom stereocenters. The van der Waals surface area contributed by atoms with E-state index in [1.165, 1.54) is 21.9 Å². The molecule has 2 aliphatic rings. The van der Waals surface area contributed by atoms with Crippen LogP contribution in [0.2, 0.25) is 0 Å². The lowest BCUT2D eigenvalue weighted by Crippen LogP contribution is -2.55. The average Bonchev–Trinajstić information content (AvgIpc) is 2.96. The SMILES string of the molecule is CC(C)(C)OC(=O)NCc1ccc(NC(=O)[C@H](O)[C@H]2OCCN(c3ccc(F)c(C(=O)N4CCOCC4)c3)C2=O)cc1. The van der Waals surface area contributed by atoms with Crippen LogP contribution in [-0.2, 0) is 30.3 Å². The summed E-state index contributed by atoms with van der Waals surface area (Å²) in [6, 6.07) is 10.3. The van der Waals surface area contributed by atoms with E-state index in [0.29, 0.717) is 32.0 Å². The molecule has 12 nitrogen and oxygen atoms in total. The molecule has 0 unspecified atom stereocenters. The minimum absolute atomic E-state index is 0.00418. The summed E-state index contributed by atoms with van der Waals surface area (Å²) in [6.07, 6.45) is -3.92. The number of hydrogen-bond donors (Lipinski definition) is 3. The van der Waals surface area contributed by atoms with Crippen molar-refractivity contribution in [1.29, 1.82) is 0 Å². The third-order valence-electron chi connectivity index (χ3n) is 6.52. The number of rotatable bonds is 7. The Hall–Kier alpha value is -4.07. The van der Waals surface area contributed by atoms with Crippen molar-refractivity contribution in [3.05, 3.63) is 59.4 Å². The fourth-order valence-electron chi connectivity index (χ4n) is 4.42. The van der Waals surface area contributed by atoms with E-state index in [9.17, 15) is 28.7 Å². The lowest BCUT2D eigenvalue weighted by Gasteiger charge is -2.34. The summed E-state index contributed by atoms with van der Waals surface area (Å²) in [5.41, 5.74) is 0.531. The fraction of sp³-hybridized carbons (Fsp3) is 0.448. The van der Waals surface area contributed by atoms with E-state index in [1.54, 1.807) is 45.0 Å². The van der Waals surface area contributed by atoms with Crippen LogP contribution in [0.25, 0.3) is 0 Å². The molecule has 13 heteroatoms. The molecule has 2 aromatic rings. The predicted octanol–water partition coefficient (Wildman–Crippen LogP) is 2.05. The van der Waals surface area contributed by atoms with Gasteiger partial charge in [-0.2, -0.15) is 0 Å². The Labute approximate surface area is 242 Å². The van der Waals surface area contributed by atoms with Crippen molar-refractivity contribution in [3.8, 4) is 0 Å². The number of morpholine rings is 2. The van der Waals surface area contributed by atoms with Crippen molar-refractivity contribution in [2.24, 2.45) is 0 Å². The Morgan fingerprint density at radius 2 is 1.76 bits per heavy atom. The Kier molecular flexibility index (Phi) is 9.76. The molecule has 3 N–H and O–H groups in total. The summed E-state index contributed by atoms with van der Waals surface area (Å²) in [6.45, 7) is 6.93. The van der Waals surface area contributed by atoms with Gasteiger partial charge in [0, 0.05) is 37.6 Å². The largest absolute Gasteiger partial charge is 0.444 e. The van der Waals surface area contributed by atoms with Gasteiger partial charge < -0.3 is 39.8 Å². The summed E-state index contributed by atoms with van der Waals surface area (Å²) >= 11 is 0. The van der Waals surface area contributed by atoms with Gasteiger partial charge in [0.05, 0.1) is 25.4 Å². The normalized spacial score (nSPS) is 18.3. The standard InChI is InChI=1S/C29H35FN4O8/c1-29(2,3)42-28(39)31-17-18-4-6-19(7-5-18)32-25(36)23(35)24-27(38)34(12-15-41-24)20-8-9-22(30)21(16-20)26(37)33-10-13-40-14-11-33/h4-9,16,23-24,35H,10-15,17H2,1-3H3,(H,31,39)(H,32,36)/t23-,24-/m1/s1. The van der Waals surface area contributed by atoms with Crippen molar-refractivity contribution in [2.75, 3.05) is 49.7 Å². The van der Waals surface area contributed by atoms with E-state index in [4.69, 9.17) is 14.2 Å². The molecule has 2 aliphatic heterocycles. The maximum Gasteiger partial charge on any atom is 0.407 e. The van der Waals surface area contributed by atoms with Crippen LogP contribution in [0.1, 0.15) is 36.7 Å². The first-order valence-corrected chi connectivity index (χ1v) is 13.6. The van der Waals surface area contributed by atoms with E-state index in [0.717, 1.165) is 11.6 Å². The molecule has 0 spiro atoms. The third kappa shape index (κ3) is 7.81. The van der Waals surface area contributed by atoms with Crippen molar-refractivity contribution in [2.45, 2.75) is 45.1 Å². The van der Waals surface area contributed by atoms with E-state index < -0.39 is 47.4 Å². The number of nitrogens with zero attached hydrogens (tertiary/aromatic N) is 2. The maximum atomic E-state index is 14.6. The molecule has 226 valence electrons. The van der Waals surface area contributed by atoms with Gasteiger partial charge in [0.25, 0.3) is 17.7 Å². The number of alkyl carbamates (subject to hydrolysis) is 1. The number of benzene rings is 2. The van der Waals surface area contributed by atoms with Gasteiger partial charge in [-0.15, -0.1) is 0 Å². The molecular weight excluding hydrogens is 551 g/mol. The second-order valence-corrected chi connectivity index (χ2v) is 10.8. The van der Waals surface area contributed by atoms with E-state index in [-0.39, 0.29) is 30.9 Å². The number of ether oxygens (including phenoxy) is 3. The molecular formula is C29H35FN4O8. The zero-order valence-corrected chi connectivity index (χ0v) is 23.7. The topological polar surface area (TPSA) is 147 Å². The smallest absolute Gasteiger partial charge is 0.407 e. The van der Waals surface area contributed by atoms with Crippen LogP contribution < -0.4 is 15.5 Å². The van der Waals surface area contributed by atoms with Crippen molar-refractivity contribution in [1.82, 2.24) is 10.2 Å². The first-order chi connectivity index (χ1) is 19.9. The molecule has 42 heavy (non-hydrogen) atoms. The number of nitrogens with one attached hydrogen (secondary N) is 2. The molecule has 2 aromatic carbocycles. The number of anilines is 2. The molecule has 0 bridgehead atoms. The highest BCUT2D eigenvalue weighted by atomic mass is 19.1. The summed E-state index contributed by atoms with van der Waals surface area (Å²) in [4.78, 5) is 53.5. The monoisotopic (exact) mass is 586 g/mol. The van der Waals surface area contributed by atoms with Crippen LogP contribution in [0.15, 0.2) is 42.5 Å². The lowest BCUT2D eigenvalue weighted by atomic mass is 10.1. The van der Waals surface area contributed by atoms with Gasteiger partial charge in [-0.3, -0.25) is 14.4 Å². The molecule has 4 amide bonds. The zero-order valence-electron chi connectivity index (χ0n) is 23.7. The van der Waals surface area contributed by atoms with Gasteiger partial charge in [0.1, 0.15) is 11.4 Å². The fourth-order valence-corrected chi connectivity index (χ4v) is 4.42. The van der Waals surface area contributed by atoms with Gasteiger partial charge in [-0.05, 0) is 56.7 Å². The number of amides is 4. The van der Waals surface area contributed by atoms with Crippen molar-refractivity contribution >= 4 is 35.2 Å². The molecule has 0 radical (unpaired) electrons. The van der Waals surface area contributed by atoms with Gasteiger partial charge >= 0.3 is 6.09 Å². The Balaban J connectivity index is 1.37. The van der Waals surface area contributed by atoms with E-state index >= 15 is 0 Å². The molecule has 4 rings (SSSR count). The Morgan fingerprint density at radius 3 is 2.43 bits per heavy atom. The zero-order chi connectivity index (χ0) is 30.4. The van der Waals surface area contributed by atoms with E-state index in [2.05, 4.69) is 10.6 Å². The highest BCUT2D eigenvalue weighted by Crippen LogP contribution is 2.25. The highest BCUT2D eigenvalue weighted by molar-refractivity contribution is 6.04.